The zero-order valence-electron chi connectivity index (χ0n) is 7.87. The highest BCUT2D eigenvalue weighted by Crippen LogP contribution is 2.12. The van der Waals surface area contributed by atoms with Crippen molar-refractivity contribution in [3.05, 3.63) is 17.9 Å². The molecule has 0 atom stereocenters. The lowest BCUT2D eigenvalue weighted by atomic mass is 10.4. The van der Waals surface area contributed by atoms with Gasteiger partial charge in [-0.2, -0.15) is 0 Å². The van der Waals surface area contributed by atoms with E-state index in [2.05, 4.69) is 4.72 Å². The van der Waals surface area contributed by atoms with Crippen molar-refractivity contribution < 1.29 is 12.8 Å². The second-order valence-electron chi connectivity index (χ2n) is 3.14. The molecule has 0 fully saturated rings. The molecule has 0 aliphatic heterocycles. The fourth-order valence-electron chi connectivity index (χ4n) is 0.925. The molecule has 74 valence electrons. The third kappa shape index (κ3) is 2.57. The third-order valence-electron chi connectivity index (χ3n) is 1.37. The molecule has 0 aromatic carbocycles. The van der Waals surface area contributed by atoms with E-state index in [9.17, 15) is 8.42 Å². The van der Waals surface area contributed by atoms with Crippen LogP contribution in [-0.4, -0.2) is 14.5 Å². The van der Waals surface area contributed by atoms with Crippen LogP contribution in [0.1, 0.15) is 19.6 Å². The number of aryl methyl sites for hydroxylation is 1. The molecule has 0 radical (unpaired) electrons. The van der Waals surface area contributed by atoms with Gasteiger partial charge in [0.1, 0.15) is 5.76 Å². The van der Waals surface area contributed by atoms with Crippen LogP contribution in [0.4, 0.5) is 0 Å². The summed E-state index contributed by atoms with van der Waals surface area (Å²) in [5.74, 6) is 0.587. The largest absolute Gasteiger partial charge is 0.449 e. The van der Waals surface area contributed by atoms with Gasteiger partial charge in [0.2, 0.25) is 5.09 Å². The quantitative estimate of drug-likeness (QED) is 0.804. The Kier molecular flexibility index (Phi) is 2.77. The average molecular weight is 203 g/mol. The summed E-state index contributed by atoms with van der Waals surface area (Å²) < 4.78 is 30.3. The Labute approximate surface area is 78.0 Å². The minimum Gasteiger partial charge on any atom is -0.449 e. The summed E-state index contributed by atoms with van der Waals surface area (Å²) in [7, 11) is -3.46. The lowest BCUT2D eigenvalue weighted by Crippen LogP contribution is -2.29. The van der Waals surface area contributed by atoms with E-state index >= 15 is 0 Å². The predicted molar refractivity (Wildman–Crippen MR) is 48.9 cm³/mol. The van der Waals surface area contributed by atoms with E-state index in [1.165, 1.54) is 6.07 Å². The van der Waals surface area contributed by atoms with Crippen LogP contribution in [0.25, 0.3) is 0 Å². The smallest absolute Gasteiger partial charge is 0.274 e. The summed E-state index contributed by atoms with van der Waals surface area (Å²) in [5.41, 5.74) is 0. The van der Waals surface area contributed by atoms with Gasteiger partial charge in [0.05, 0.1) is 0 Å². The highest BCUT2D eigenvalue weighted by molar-refractivity contribution is 7.89. The summed E-state index contributed by atoms with van der Waals surface area (Å²) in [6.45, 7) is 5.22. The minimum atomic E-state index is -3.46. The van der Waals surface area contributed by atoms with Gasteiger partial charge in [-0.05, 0) is 32.9 Å². The molecular weight excluding hydrogens is 190 g/mol. The Morgan fingerprint density at radius 2 is 2.00 bits per heavy atom. The van der Waals surface area contributed by atoms with Crippen molar-refractivity contribution in [1.29, 1.82) is 0 Å². The summed E-state index contributed by atoms with van der Waals surface area (Å²) in [6.07, 6.45) is 0. The molecule has 5 heteroatoms. The number of furan rings is 1. The van der Waals surface area contributed by atoms with E-state index in [4.69, 9.17) is 4.42 Å². The molecule has 1 aromatic rings. The maximum atomic E-state index is 11.5. The second kappa shape index (κ2) is 3.51. The lowest BCUT2D eigenvalue weighted by molar-refractivity contribution is 0.423. The molecular formula is C8H13NO3S. The first-order valence-electron chi connectivity index (χ1n) is 4.00. The lowest BCUT2D eigenvalue weighted by Gasteiger charge is -2.06. The van der Waals surface area contributed by atoms with Gasteiger partial charge in [0, 0.05) is 6.04 Å². The highest BCUT2D eigenvalue weighted by atomic mass is 32.2. The molecule has 1 N–H and O–H groups in total. The first-order valence-corrected chi connectivity index (χ1v) is 5.49. The topological polar surface area (TPSA) is 59.3 Å². The zero-order chi connectivity index (χ0) is 10.1. The van der Waals surface area contributed by atoms with Gasteiger partial charge in [-0.25, -0.2) is 13.1 Å². The number of hydrogen-bond donors (Lipinski definition) is 1. The van der Waals surface area contributed by atoms with Crippen LogP contribution in [0.3, 0.4) is 0 Å². The molecule has 0 bridgehead atoms. The minimum absolute atomic E-state index is 0.0290. The van der Waals surface area contributed by atoms with Gasteiger partial charge in [0.25, 0.3) is 10.0 Å². The first kappa shape index (κ1) is 10.3. The first-order chi connectivity index (χ1) is 5.92. The van der Waals surface area contributed by atoms with Crippen LogP contribution >= 0.6 is 0 Å². The Morgan fingerprint density at radius 1 is 1.38 bits per heavy atom. The van der Waals surface area contributed by atoms with Crippen LogP contribution < -0.4 is 4.72 Å². The maximum absolute atomic E-state index is 11.5. The number of nitrogens with one attached hydrogen (secondary N) is 1. The molecule has 0 saturated heterocycles. The predicted octanol–water partition coefficient (Wildman–Crippen LogP) is 1.27. The van der Waals surface area contributed by atoms with E-state index in [1.54, 1.807) is 26.8 Å². The van der Waals surface area contributed by atoms with Crippen LogP contribution in [0.5, 0.6) is 0 Å². The Morgan fingerprint density at radius 3 is 2.38 bits per heavy atom. The number of sulfonamides is 1. The third-order valence-corrected chi connectivity index (χ3v) is 2.90. The van der Waals surface area contributed by atoms with Crippen molar-refractivity contribution in [2.24, 2.45) is 0 Å². The van der Waals surface area contributed by atoms with Crippen LogP contribution in [0.15, 0.2) is 21.6 Å². The van der Waals surface area contributed by atoms with Gasteiger partial charge >= 0.3 is 0 Å². The average Bonchev–Trinajstić information content (AvgIpc) is 2.32. The van der Waals surface area contributed by atoms with Crippen LogP contribution in [-0.2, 0) is 10.0 Å². The molecule has 0 aliphatic carbocycles. The zero-order valence-corrected chi connectivity index (χ0v) is 8.68. The van der Waals surface area contributed by atoms with E-state index in [-0.39, 0.29) is 11.1 Å². The molecule has 1 rings (SSSR count). The SMILES string of the molecule is Cc1ccc(S(=O)(=O)NC(C)C)o1. The van der Waals surface area contributed by atoms with Crippen LogP contribution in [0.2, 0.25) is 0 Å². The molecule has 0 saturated carbocycles. The van der Waals surface area contributed by atoms with Crippen LogP contribution in [0, 0.1) is 6.92 Å². The number of rotatable bonds is 3. The van der Waals surface area contributed by atoms with Crippen molar-refractivity contribution >= 4 is 10.0 Å². The van der Waals surface area contributed by atoms with Crippen molar-refractivity contribution in [2.75, 3.05) is 0 Å². The Hall–Kier alpha value is -0.810. The van der Waals surface area contributed by atoms with Crippen molar-refractivity contribution in [3.8, 4) is 0 Å². The second-order valence-corrected chi connectivity index (χ2v) is 4.79. The number of hydrogen-bond acceptors (Lipinski definition) is 3. The highest BCUT2D eigenvalue weighted by Gasteiger charge is 2.18. The van der Waals surface area contributed by atoms with Gasteiger partial charge in [-0.3, -0.25) is 0 Å². The maximum Gasteiger partial charge on any atom is 0.274 e. The summed E-state index contributed by atoms with van der Waals surface area (Å²) in [6, 6.07) is 2.94. The molecule has 13 heavy (non-hydrogen) atoms. The van der Waals surface area contributed by atoms with Gasteiger partial charge in [-0.15, -0.1) is 0 Å². The summed E-state index contributed by atoms with van der Waals surface area (Å²) in [5, 5.41) is -0.0290. The summed E-state index contributed by atoms with van der Waals surface area (Å²) in [4.78, 5) is 0. The molecule has 1 aromatic heterocycles. The van der Waals surface area contributed by atoms with E-state index in [0.29, 0.717) is 5.76 Å². The van der Waals surface area contributed by atoms with Crippen molar-refractivity contribution in [2.45, 2.75) is 31.9 Å². The molecule has 1 heterocycles. The van der Waals surface area contributed by atoms with Gasteiger partial charge < -0.3 is 4.42 Å². The molecule has 4 nitrogen and oxygen atoms in total. The molecule has 0 aliphatic rings. The molecule has 0 amide bonds. The normalized spacial score (nSPS) is 12.3. The van der Waals surface area contributed by atoms with E-state index < -0.39 is 10.0 Å². The monoisotopic (exact) mass is 203 g/mol. The molecule has 0 spiro atoms. The summed E-state index contributed by atoms with van der Waals surface area (Å²) >= 11 is 0. The van der Waals surface area contributed by atoms with Crippen molar-refractivity contribution in [3.63, 3.8) is 0 Å². The Balaban J connectivity index is 2.95. The standard InChI is InChI=1S/C8H13NO3S/c1-6(2)9-13(10,11)8-5-4-7(3)12-8/h4-6,9H,1-3H3. The van der Waals surface area contributed by atoms with E-state index in [0.717, 1.165) is 0 Å². The Bertz CT molecular complexity index is 378. The van der Waals surface area contributed by atoms with Gasteiger partial charge in [0.15, 0.2) is 0 Å². The fourth-order valence-corrected chi connectivity index (χ4v) is 2.15. The molecule has 0 unspecified atom stereocenters. The fraction of sp³-hybridized carbons (Fsp3) is 0.500. The van der Waals surface area contributed by atoms with Crippen molar-refractivity contribution in [1.82, 2.24) is 4.72 Å². The van der Waals surface area contributed by atoms with Gasteiger partial charge in [-0.1, -0.05) is 0 Å². The van der Waals surface area contributed by atoms with E-state index in [1.807, 2.05) is 0 Å².